The van der Waals surface area contributed by atoms with E-state index < -0.39 is 11.8 Å². The third-order valence-electron chi connectivity index (χ3n) is 4.80. The van der Waals surface area contributed by atoms with Crippen LogP contribution in [0.1, 0.15) is 53.4 Å². The van der Waals surface area contributed by atoms with E-state index in [-0.39, 0.29) is 18.5 Å². The van der Waals surface area contributed by atoms with Crippen molar-refractivity contribution in [3.63, 3.8) is 0 Å². The number of rotatable bonds is 5. The molecule has 7 heteroatoms. The molecule has 0 radical (unpaired) electrons. The maximum Gasteiger partial charge on any atom is 0.309 e. The van der Waals surface area contributed by atoms with E-state index in [9.17, 15) is 14.4 Å². The lowest BCUT2D eigenvalue weighted by atomic mass is 9.86. The third-order valence-corrected chi connectivity index (χ3v) is 5.96. The van der Waals surface area contributed by atoms with Gasteiger partial charge in [0.15, 0.2) is 6.61 Å². The molecule has 1 saturated carbocycles. The highest BCUT2D eigenvalue weighted by Gasteiger charge is 2.29. The molecule has 6 nitrogen and oxygen atoms in total. The summed E-state index contributed by atoms with van der Waals surface area (Å²) in [5.74, 6) is -0.773. The molecule has 0 saturated heterocycles. The van der Waals surface area contributed by atoms with Crippen LogP contribution in [-0.4, -0.2) is 24.4 Å². The van der Waals surface area contributed by atoms with Crippen molar-refractivity contribution >= 4 is 34.1 Å². The van der Waals surface area contributed by atoms with Gasteiger partial charge in [0, 0.05) is 4.88 Å². The van der Waals surface area contributed by atoms with Crippen molar-refractivity contribution in [3.8, 4) is 0 Å². The molecule has 0 bridgehead atoms. The van der Waals surface area contributed by atoms with Crippen LogP contribution in [0.25, 0.3) is 0 Å². The van der Waals surface area contributed by atoms with Gasteiger partial charge in [-0.05, 0) is 43.6 Å². The summed E-state index contributed by atoms with van der Waals surface area (Å²) in [5.41, 5.74) is 6.89. The Morgan fingerprint density at radius 1 is 1.29 bits per heavy atom. The van der Waals surface area contributed by atoms with Gasteiger partial charge in [0.25, 0.3) is 11.8 Å². The molecular weight excluding hydrogens is 328 g/mol. The lowest BCUT2D eigenvalue weighted by Gasteiger charge is -2.22. The molecule has 2 amide bonds. The van der Waals surface area contributed by atoms with E-state index in [1.54, 1.807) is 0 Å². The van der Waals surface area contributed by atoms with Crippen LogP contribution in [0.2, 0.25) is 0 Å². The fraction of sp³-hybridized carbons (Fsp3) is 0.588. The number of amides is 2. The number of nitrogens with one attached hydrogen (secondary N) is 1. The van der Waals surface area contributed by atoms with Crippen molar-refractivity contribution in [2.75, 3.05) is 11.9 Å². The molecule has 130 valence electrons. The first kappa shape index (κ1) is 17.0. The zero-order chi connectivity index (χ0) is 17.3. The first-order valence-electron chi connectivity index (χ1n) is 8.36. The minimum absolute atomic E-state index is 0.0606. The maximum absolute atomic E-state index is 12.1. The molecule has 1 heterocycles. The van der Waals surface area contributed by atoms with E-state index in [1.165, 1.54) is 11.3 Å². The molecule has 1 aromatic rings. The summed E-state index contributed by atoms with van der Waals surface area (Å²) in [7, 11) is 0. The number of fused-ring (bicyclic) bond motifs is 1. The molecule has 0 unspecified atom stereocenters. The summed E-state index contributed by atoms with van der Waals surface area (Å²) in [6.07, 6.45) is 5.42. The average molecular weight is 350 g/mol. The largest absolute Gasteiger partial charge is 0.455 e. The number of nitrogens with two attached hydrogens (primary N) is 1. The van der Waals surface area contributed by atoms with Gasteiger partial charge in [-0.2, -0.15) is 0 Å². The second-order valence-electron chi connectivity index (χ2n) is 6.70. The molecule has 1 atom stereocenters. The van der Waals surface area contributed by atoms with Crippen molar-refractivity contribution in [2.45, 2.75) is 45.4 Å². The number of carbonyl (C=O) groups is 3. The summed E-state index contributed by atoms with van der Waals surface area (Å²) in [6.45, 7) is 1.84. The quantitative estimate of drug-likeness (QED) is 0.796. The summed E-state index contributed by atoms with van der Waals surface area (Å²) in [5, 5.41) is 3.17. The fourth-order valence-electron chi connectivity index (χ4n) is 3.16. The zero-order valence-corrected chi connectivity index (χ0v) is 14.5. The van der Waals surface area contributed by atoms with Gasteiger partial charge in [-0.1, -0.05) is 13.3 Å². The highest BCUT2D eigenvalue weighted by Crippen LogP contribution is 2.39. The van der Waals surface area contributed by atoms with Crippen LogP contribution in [0.5, 0.6) is 0 Å². The SMILES string of the molecule is C[C@H]1CCc2c(sc(NC(=O)COC(=O)C3CCC3)c2C(N)=O)C1. The summed E-state index contributed by atoms with van der Waals surface area (Å²) in [4.78, 5) is 36.7. The molecule has 2 aliphatic carbocycles. The zero-order valence-electron chi connectivity index (χ0n) is 13.7. The standard InChI is InChI=1S/C17H22N2O4S/c1-9-5-6-11-12(7-9)24-16(14(11)15(18)21)19-13(20)8-23-17(22)10-3-2-4-10/h9-10H,2-8H2,1H3,(H2,18,21)(H,19,20)/t9-/m0/s1. The van der Waals surface area contributed by atoms with Gasteiger partial charge >= 0.3 is 5.97 Å². The van der Waals surface area contributed by atoms with E-state index >= 15 is 0 Å². The number of esters is 1. The van der Waals surface area contributed by atoms with E-state index in [4.69, 9.17) is 10.5 Å². The van der Waals surface area contributed by atoms with Crippen molar-refractivity contribution < 1.29 is 19.1 Å². The van der Waals surface area contributed by atoms with E-state index in [2.05, 4.69) is 12.2 Å². The maximum atomic E-state index is 12.1. The lowest BCUT2D eigenvalue weighted by Crippen LogP contribution is -2.28. The van der Waals surface area contributed by atoms with Gasteiger partial charge in [-0.25, -0.2) is 0 Å². The molecule has 0 aromatic carbocycles. The predicted molar refractivity (Wildman–Crippen MR) is 91.0 cm³/mol. The van der Waals surface area contributed by atoms with Gasteiger partial charge in [0.05, 0.1) is 11.5 Å². The van der Waals surface area contributed by atoms with Gasteiger partial charge in [-0.3, -0.25) is 14.4 Å². The normalized spacial score (nSPS) is 20.0. The Balaban J connectivity index is 1.66. The Kier molecular flexibility index (Phi) is 4.89. The van der Waals surface area contributed by atoms with E-state index in [0.29, 0.717) is 16.5 Å². The monoisotopic (exact) mass is 350 g/mol. The summed E-state index contributed by atoms with van der Waals surface area (Å²) in [6, 6.07) is 0. The van der Waals surface area contributed by atoms with Crippen molar-refractivity contribution in [1.29, 1.82) is 0 Å². The second-order valence-corrected chi connectivity index (χ2v) is 7.81. The second kappa shape index (κ2) is 6.93. The van der Waals surface area contributed by atoms with Crippen LogP contribution >= 0.6 is 11.3 Å². The molecular formula is C17H22N2O4S. The Bertz CT molecular complexity index is 678. The summed E-state index contributed by atoms with van der Waals surface area (Å²) < 4.78 is 5.04. The number of carbonyl (C=O) groups excluding carboxylic acids is 3. The number of hydrogen-bond acceptors (Lipinski definition) is 5. The Labute approximate surface area is 144 Å². The highest BCUT2D eigenvalue weighted by atomic mass is 32.1. The van der Waals surface area contributed by atoms with Crippen LogP contribution in [-0.2, 0) is 27.2 Å². The van der Waals surface area contributed by atoms with E-state index in [1.807, 2.05) is 0 Å². The van der Waals surface area contributed by atoms with Crippen LogP contribution in [0.4, 0.5) is 5.00 Å². The molecule has 3 rings (SSSR count). The Morgan fingerprint density at radius 3 is 2.67 bits per heavy atom. The van der Waals surface area contributed by atoms with Crippen molar-refractivity contribution in [3.05, 3.63) is 16.0 Å². The predicted octanol–water partition coefficient (Wildman–Crippen LogP) is 2.25. The highest BCUT2D eigenvalue weighted by molar-refractivity contribution is 7.17. The minimum Gasteiger partial charge on any atom is -0.455 e. The number of ether oxygens (including phenoxy) is 1. The summed E-state index contributed by atoms with van der Waals surface area (Å²) >= 11 is 1.41. The molecule has 3 N–H and O–H groups in total. The third kappa shape index (κ3) is 3.45. The molecule has 1 aromatic heterocycles. The lowest BCUT2D eigenvalue weighted by molar-refractivity contribution is -0.154. The first-order valence-corrected chi connectivity index (χ1v) is 9.18. The molecule has 0 spiro atoms. The molecule has 2 aliphatic rings. The fourth-order valence-corrected chi connectivity index (χ4v) is 4.59. The van der Waals surface area contributed by atoms with Gasteiger partial charge in [0.1, 0.15) is 5.00 Å². The van der Waals surface area contributed by atoms with Crippen LogP contribution in [0.3, 0.4) is 0 Å². The Morgan fingerprint density at radius 2 is 2.04 bits per heavy atom. The average Bonchev–Trinajstić information content (AvgIpc) is 2.80. The van der Waals surface area contributed by atoms with Gasteiger partial charge in [0.2, 0.25) is 0 Å². The van der Waals surface area contributed by atoms with E-state index in [0.717, 1.165) is 49.0 Å². The van der Waals surface area contributed by atoms with Crippen molar-refractivity contribution in [2.24, 2.45) is 17.6 Å². The topological polar surface area (TPSA) is 98.5 Å². The number of primary amides is 1. The molecule has 1 fully saturated rings. The van der Waals surface area contributed by atoms with Gasteiger partial charge in [-0.15, -0.1) is 11.3 Å². The molecule has 24 heavy (non-hydrogen) atoms. The van der Waals surface area contributed by atoms with Crippen molar-refractivity contribution in [1.82, 2.24) is 0 Å². The van der Waals surface area contributed by atoms with Crippen LogP contribution < -0.4 is 11.1 Å². The number of thiophene rings is 1. The number of hydrogen-bond donors (Lipinski definition) is 2. The number of anilines is 1. The molecule has 0 aliphatic heterocycles. The Hall–Kier alpha value is -1.89. The van der Waals surface area contributed by atoms with Gasteiger partial charge < -0.3 is 15.8 Å². The van der Waals surface area contributed by atoms with Crippen LogP contribution in [0, 0.1) is 11.8 Å². The first-order chi connectivity index (χ1) is 11.5. The van der Waals surface area contributed by atoms with Crippen LogP contribution in [0.15, 0.2) is 0 Å². The minimum atomic E-state index is -0.524. The smallest absolute Gasteiger partial charge is 0.309 e.